The van der Waals surface area contributed by atoms with Crippen LogP contribution in [0.5, 0.6) is 0 Å². The molecule has 2 nitrogen and oxygen atoms in total. The van der Waals surface area contributed by atoms with Gasteiger partial charge in [0, 0.05) is 28.3 Å². The van der Waals surface area contributed by atoms with Crippen molar-refractivity contribution in [2.24, 2.45) is 0 Å². The first-order chi connectivity index (χ1) is 8.41. The summed E-state index contributed by atoms with van der Waals surface area (Å²) in [6.45, 7) is 4.82. The molecule has 0 aliphatic heterocycles. The Bertz CT molecular complexity index is 427. The van der Waals surface area contributed by atoms with Gasteiger partial charge in [0.15, 0.2) is 0 Å². The summed E-state index contributed by atoms with van der Waals surface area (Å²) in [5, 5.41) is 3.55. The van der Waals surface area contributed by atoms with E-state index < -0.39 is 10.8 Å². The molecule has 5 heteroatoms. The number of hydrogen-bond donors (Lipinski definition) is 1. The molecule has 1 rings (SSSR count). The number of nitrogens with one attached hydrogen (secondary N) is 1. The fourth-order valence-corrected chi connectivity index (χ4v) is 2.41. The minimum Gasteiger partial charge on any atom is -0.310 e. The monoisotopic (exact) mass is 335 g/mol. The average Bonchev–Trinajstić information content (AvgIpc) is 2.32. The lowest BCUT2D eigenvalue weighted by atomic mass is 10.1. The molecular formula is C13H19BrFNOS. The number of benzene rings is 1. The van der Waals surface area contributed by atoms with Crippen LogP contribution in [0.15, 0.2) is 22.7 Å². The predicted molar refractivity (Wildman–Crippen MR) is 78.7 cm³/mol. The van der Waals surface area contributed by atoms with E-state index in [1.165, 1.54) is 6.07 Å². The topological polar surface area (TPSA) is 29.1 Å². The lowest BCUT2D eigenvalue weighted by Crippen LogP contribution is -2.24. The summed E-state index contributed by atoms with van der Waals surface area (Å²) in [6.07, 6.45) is 2.60. The molecule has 0 aromatic heterocycles. The third kappa shape index (κ3) is 4.78. The highest BCUT2D eigenvalue weighted by Crippen LogP contribution is 2.21. The summed E-state index contributed by atoms with van der Waals surface area (Å²) in [5.74, 6) is -0.249. The minimum atomic E-state index is -0.773. The Kier molecular flexibility index (Phi) is 6.46. The van der Waals surface area contributed by atoms with Crippen LogP contribution in [0.3, 0.4) is 0 Å². The minimum absolute atomic E-state index is 0.152. The molecular weight excluding hydrogens is 317 g/mol. The van der Waals surface area contributed by atoms with Gasteiger partial charge in [-0.2, -0.15) is 0 Å². The molecule has 1 aromatic carbocycles. The van der Waals surface area contributed by atoms with Gasteiger partial charge in [0.25, 0.3) is 0 Å². The molecule has 0 radical (unpaired) electrons. The first kappa shape index (κ1) is 15.8. The Balaban J connectivity index is 2.47. The maximum Gasteiger partial charge on any atom is 0.137 e. The van der Waals surface area contributed by atoms with Gasteiger partial charge in [-0.15, -0.1) is 0 Å². The molecule has 0 saturated heterocycles. The Morgan fingerprint density at radius 2 is 2.11 bits per heavy atom. The lowest BCUT2D eigenvalue weighted by Gasteiger charge is -2.16. The maximum atomic E-state index is 13.1. The van der Waals surface area contributed by atoms with Crippen LogP contribution >= 0.6 is 15.9 Å². The van der Waals surface area contributed by atoms with Crippen LogP contribution in [0.25, 0.3) is 0 Å². The van der Waals surface area contributed by atoms with Crippen molar-refractivity contribution in [3.63, 3.8) is 0 Å². The van der Waals surface area contributed by atoms with Crippen molar-refractivity contribution in [1.29, 1.82) is 0 Å². The fourth-order valence-electron chi connectivity index (χ4n) is 1.57. The average molecular weight is 336 g/mol. The summed E-state index contributed by atoms with van der Waals surface area (Å²) < 4.78 is 24.8. The first-order valence-corrected chi connectivity index (χ1v) is 8.33. The number of hydrogen-bond acceptors (Lipinski definition) is 2. The van der Waals surface area contributed by atoms with Crippen LogP contribution in [-0.2, 0) is 10.8 Å². The van der Waals surface area contributed by atoms with Gasteiger partial charge >= 0.3 is 0 Å². The maximum absolute atomic E-state index is 13.1. The Hall–Kier alpha value is -0.260. The summed E-state index contributed by atoms with van der Waals surface area (Å²) in [4.78, 5) is 0. The van der Waals surface area contributed by atoms with Crippen molar-refractivity contribution < 1.29 is 8.60 Å². The molecule has 0 aliphatic rings. The smallest absolute Gasteiger partial charge is 0.137 e. The highest BCUT2D eigenvalue weighted by atomic mass is 79.9. The molecule has 18 heavy (non-hydrogen) atoms. The standard InChI is InChI=1S/C13H19BrFNOS/c1-9(18(3)17)6-7-16-10(2)11-4-5-13(15)12(14)8-11/h4-5,8-10,16H,6-7H2,1-3H3. The van der Waals surface area contributed by atoms with E-state index in [-0.39, 0.29) is 17.1 Å². The zero-order chi connectivity index (χ0) is 13.7. The molecule has 0 amide bonds. The normalized spacial score (nSPS) is 16.3. The zero-order valence-electron chi connectivity index (χ0n) is 10.9. The molecule has 0 spiro atoms. The van der Waals surface area contributed by atoms with Gasteiger partial charge in [0.1, 0.15) is 5.82 Å². The number of halogens is 2. The largest absolute Gasteiger partial charge is 0.310 e. The van der Waals surface area contributed by atoms with Gasteiger partial charge in [-0.25, -0.2) is 4.39 Å². The summed E-state index contributed by atoms with van der Waals surface area (Å²) >= 11 is 3.18. The van der Waals surface area contributed by atoms with Crippen molar-refractivity contribution >= 4 is 26.7 Å². The second kappa shape index (κ2) is 7.36. The second-order valence-corrected chi connectivity index (χ2v) is 7.10. The van der Waals surface area contributed by atoms with Gasteiger partial charge in [0.05, 0.1) is 4.47 Å². The molecule has 0 fully saturated rings. The van der Waals surface area contributed by atoms with Crippen molar-refractivity contribution in [2.75, 3.05) is 12.8 Å². The molecule has 1 N–H and O–H groups in total. The van der Waals surface area contributed by atoms with Crippen LogP contribution < -0.4 is 5.32 Å². The molecule has 102 valence electrons. The van der Waals surface area contributed by atoms with Crippen LogP contribution in [0.4, 0.5) is 4.39 Å². The second-order valence-electron chi connectivity index (χ2n) is 4.45. The van der Waals surface area contributed by atoms with E-state index in [4.69, 9.17) is 0 Å². The molecule has 1 aromatic rings. The van der Waals surface area contributed by atoms with Gasteiger partial charge in [-0.1, -0.05) is 13.0 Å². The highest BCUT2D eigenvalue weighted by molar-refractivity contribution is 9.10. The van der Waals surface area contributed by atoms with Gasteiger partial charge in [0.2, 0.25) is 0 Å². The summed E-state index contributed by atoms with van der Waals surface area (Å²) in [6, 6.07) is 5.17. The quantitative estimate of drug-likeness (QED) is 0.863. The van der Waals surface area contributed by atoms with E-state index in [1.54, 1.807) is 18.4 Å². The van der Waals surface area contributed by atoms with E-state index in [2.05, 4.69) is 21.2 Å². The lowest BCUT2D eigenvalue weighted by molar-refractivity contribution is 0.551. The Morgan fingerprint density at radius 3 is 2.67 bits per heavy atom. The summed E-state index contributed by atoms with van der Waals surface area (Å²) in [7, 11) is -0.773. The van der Waals surface area contributed by atoms with E-state index in [0.717, 1.165) is 18.5 Å². The van der Waals surface area contributed by atoms with Crippen molar-refractivity contribution in [3.05, 3.63) is 34.1 Å². The van der Waals surface area contributed by atoms with E-state index >= 15 is 0 Å². The fraction of sp³-hybridized carbons (Fsp3) is 0.538. The third-order valence-corrected chi connectivity index (χ3v) is 4.99. The van der Waals surface area contributed by atoms with Crippen LogP contribution in [0, 0.1) is 5.82 Å². The number of rotatable bonds is 6. The molecule has 0 aliphatic carbocycles. The SMILES string of the molecule is CC(NCCC(C)S(C)=O)c1ccc(F)c(Br)c1. The summed E-state index contributed by atoms with van der Waals surface area (Å²) in [5.41, 5.74) is 1.04. The third-order valence-electron chi connectivity index (χ3n) is 3.01. The molecule has 3 atom stereocenters. The van der Waals surface area contributed by atoms with E-state index in [1.807, 2.05) is 13.8 Å². The van der Waals surface area contributed by atoms with Gasteiger partial charge in [-0.05, 0) is 53.5 Å². The van der Waals surface area contributed by atoms with Crippen molar-refractivity contribution in [2.45, 2.75) is 31.6 Å². The predicted octanol–water partition coefficient (Wildman–Crippen LogP) is 3.40. The van der Waals surface area contributed by atoms with Crippen molar-refractivity contribution in [3.8, 4) is 0 Å². The Labute approximate surface area is 119 Å². The van der Waals surface area contributed by atoms with Gasteiger partial charge in [-0.3, -0.25) is 4.21 Å². The molecule has 3 unspecified atom stereocenters. The zero-order valence-corrected chi connectivity index (χ0v) is 13.3. The van der Waals surface area contributed by atoms with Crippen LogP contribution in [0.2, 0.25) is 0 Å². The van der Waals surface area contributed by atoms with Crippen LogP contribution in [0.1, 0.15) is 31.9 Å². The van der Waals surface area contributed by atoms with E-state index in [9.17, 15) is 8.60 Å². The van der Waals surface area contributed by atoms with Crippen molar-refractivity contribution in [1.82, 2.24) is 5.32 Å². The van der Waals surface area contributed by atoms with Crippen LogP contribution in [-0.4, -0.2) is 22.3 Å². The molecule has 0 saturated carbocycles. The molecule has 0 bridgehead atoms. The highest BCUT2D eigenvalue weighted by Gasteiger charge is 2.09. The Morgan fingerprint density at radius 1 is 1.44 bits per heavy atom. The van der Waals surface area contributed by atoms with E-state index in [0.29, 0.717) is 4.47 Å². The van der Waals surface area contributed by atoms with Gasteiger partial charge < -0.3 is 5.32 Å². The molecule has 0 heterocycles. The first-order valence-electron chi connectivity index (χ1n) is 5.92.